The third-order valence-corrected chi connectivity index (χ3v) is 2.10. The molecular formula is C12H22. The molecule has 0 bridgehead atoms. The maximum Gasteiger partial charge on any atom is -0.0169 e. The summed E-state index contributed by atoms with van der Waals surface area (Å²) >= 11 is 0. The molecule has 1 unspecified atom stereocenters. The van der Waals surface area contributed by atoms with Crippen LogP contribution in [0.3, 0.4) is 0 Å². The van der Waals surface area contributed by atoms with Crippen molar-refractivity contribution < 1.29 is 0 Å². The summed E-state index contributed by atoms with van der Waals surface area (Å²) in [6.07, 6.45) is 13.9. The lowest BCUT2D eigenvalue weighted by atomic mass is 10.00. The van der Waals surface area contributed by atoms with Gasteiger partial charge in [0.25, 0.3) is 0 Å². The van der Waals surface area contributed by atoms with E-state index < -0.39 is 0 Å². The second-order valence-electron chi connectivity index (χ2n) is 3.19. The standard InChI is InChI=1S/C12H22/c1-4-7-8-9-11-12(6-3)10-5-2/h4,7,9,11-12H,5-6,8,10H2,1-3H3. The third-order valence-electron chi connectivity index (χ3n) is 2.10. The fraction of sp³-hybridized carbons (Fsp3) is 0.667. The molecule has 12 heavy (non-hydrogen) atoms. The van der Waals surface area contributed by atoms with E-state index >= 15 is 0 Å². The summed E-state index contributed by atoms with van der Waals surface area (Å²) in [5, 5.41) is 0. The molecule has 0 aromatic rings. The second kappa shape index (κ2) is 8.58. The predicted octanol–water partition coefficient (Wildman–Crippen LogP) is 4.34. The summed E-state index contributed by atoms with van der Waals surface area (Å²) < 4.78 is 0. The first-order valence-electron chi connectivity index (χ1n) is 5.12. The normalized spacial score (nSPS) is 14.6. The fourth-order valence-electron chi connectivity index (χ4n) is 1.29. The second-order valence-corrected chi connectivity index (χ2v) is 3.19. The van der Waals surface area contributed by atoms with Crippen LogP contribution in [0.2, 0.25) is 0 Å². The largest absolute Gasteiger partial charge is 0.0914 e. The highest BCUT2D eigenvalue weighted by molar-refractivity contribution is 4.94. The smallest absolute Gasteiger partial charge is 0.0169 e. The zero-order valence-corrected chi connectivity index (χ0v) is 8.72. The molecule has 0 aliphatic heterocycles. The summed E-state index contributed by atoms with van der Waals surface area (Å²) in [5.41, 5.74) is 0. The van der Waals surface area contributed by atoms with Crippen LogP contribution in [0.4, 0.5) is 0 Å². The highest BCUT2D eigenvalue weighted by Gasteiger charge is 1.97. The predicted molar refractivity (Wildman–Crippen MR) is 57.3 cm³/mol. The highest BCUT2D eigenvalue weighted by atomic mass is 14.0. The van der Waals surface area contributed by atoms with Crippen molar-refractivity contribution >= 4 is 0 Å². The number of hydrogen-bond donors (Lipinski definition) is 0. The van der Waals surface area contributed by atoms with Gasteiger partial charge in [0.1, 0.15) is 0 Å². The first kappa shape index (κ1) is 11.5. The Hall–Kier alpha value is -0.520. The molecule has 0 heteroatoms. The zero-order chi connectivity index (χ0) is 9.23. The van der Waals surface area contributed by atoms with Crippen molar-refractivity contribution in [1.29, 1.82) is 0 Å². The van der Waals surface area contributed by atoms with Crippen LogP contribution in [0.15, 0.2) is 24.3 Å². The molecule has 0 saturated heterocycles. The Morgan fingerprint density at radius 3 is 2.42 bits per heavy atom. The average molecular weight is 166 g/mol. The molecule has 0 aliphatic carbocycles. The van der Waals surface area contributed by atoms with Gasteiger partial charge in [-0.3, -0.25) is 0 Å². The van der Waals surface area contributed by atoms with E-state index in [0.717, 1.165) is 12.3 Å². The molecule has 0 rings (SSSR count). The minimum absolute atomic E-state index is 0.806. The SMILES string of the molecule is CC=CCC=CC(CC)CCC. The molecule has 0 N–H and O–H groups in total. The van der Waals surface area contributed by atoms with Crippen LogP contribution in [-0.4, -0.2) is 0 Å². The van der Waals surface area contributed by atoms with Gasteiger partial charge in [0.2, 0.25) is 0 Å². The third kappa shape index (κ3) is 6.21. The van der Waals surface area contributed by atoms with Crippen molar-refractivity contribution in [3.05, 3.63) is 24.3 Å². The molecule has 0 aromatic carbocycles. The van der Waals surface area contributed by atoms with Gasteiger partial charge in [-0.1, -0.05) is 44.6 Å². The van der Waals surface area contributed by atoms with Gasteiger partial charge in [0.15, 0.2) is 0 Å². The molecule has 70 valence electrons. The van der Waals surface area contributed by atoms with Gasteiger partial charge in [-0.25, -0.2) is 0 Å². The molecular weight excluding hydrogens is 144 g/mol. The van der Waals surface area contributed by atoms with E-state index in [2.05, 4.69) is 45.1 Å². The van der Waals surface area contributed by atoms with Gasteiger partial charge in [0, 0.05) is 0 Å². The van der Waals surface area contributed by atoms with Crippen LogP contribution in [0, 0.1) is 5.92 Å². The lowest BCUT2D eigenvalue weighted by molar-refractivity contribution is 0.562. The summed E-state index contributed by atoms with van der Waals surface area (Å²) in [7, 11) is 0. The molecule has 1 atom stereocenters. The quantitative estimate of drug-likeness (QED) is 0.515. The van der Waals surface area contributed by atoms with Gasteiger partial charge in [-0.2, -0.15) is 0 Å². The number of rotatable bonds is 6. The van der Waals surface area contributed by atoms with Crippen LogP contribution < -0.4 is 0 Å². The van der Waals surface area contributed by atoms with Crippen LogP contribution in [0.5, 0.6) is 0 Å². The lowest BCUT2D eigenvalue weighted by Gasteiger charge is -2.06. The van der Waals surface area contributed by atoms with Gasteiger partial charge in [-0.15, -0.1) is 0 Å². The summed E-state index contributed by atoms with van der Waals surface area (Å²) in [5.74, 6) is 0.806. The number of allylic oxidation sites excluding steroid dienone is 4. The van der Waals surface area contributed by atoms with Gasteiger partial charge < -0.3 is 0 Å². The number of hydrogen-bond acceptors (Lipinski definition) is 0. The monoisotopic (exact) mass is 166 g/mol. The van der Waals surface area contributed by atoms with Crippen LogP contribution in [-0.2, 0) is 0 Å². The first-order valence-corrected chi connectivity index (χ1v) is 5.12. The maximum atomic E-state index is 2.36. The Balaban J connectivity index is 3.60. The summed E-state index contributed by atoms with van der Waals surface area (Å²) in [6, 6.07) is 0. The van der Waals surface area contributed by atoms with Crippen molar-refractivity contribution in [2.24, 2.45) is 5.92 Å². The van der Waals surface area contributed by atoms with Crippen LogP contribution in [0.25, 0.3) is 0 Å². The van der Waals surface area contributed by atoms with Gasteiger partial charge in [-0.05, 0) is 32.1 Å². The van der Waals surface area contributed by atoms with Crippen molar-refractivity contribution in [1.82, 2.24) is 0 Å². The Morgan fingerprint density at radius 1 is 1.17 bits per heavy atom. The van der Waals surface area contributed by atoms with E-state index in [9.17, 15) is 0 Å². The molecule has 0 amide bonds. The Bertz CT molecular complexity index is 131. The molecule has 0 nitrogen and oxygen atoms in total. The van der Waals surface area contributed by atoms with E-state index in [-0.39, 0.29) is 0 Å². The van der Waals surface area contributed by atoms with Crippen molar-refractivity contribution in [2.45, 2.75) is 46.5 Å². The molecule has 0 heterocycles. The Labute approximate surface area is 77.4 Å². The minimum Gasteiger partial charge on any atom is -0.0914 e. The molecule has 0 aliphatic rings. The Morgan fingerprint density at radius 2 is 1.92 bits per heavy atom. The topological polar surface area (TPSA) is 0 Å². The minimum atomic E-state index is 0.806. The summed E-state index contributed by atoms with van der Waals surface area (Å²) in [4.78, 5) is 0. The van der Waals surface area contributed by atoms with E-state index in [1.54, 1.807) is 0 Å². The van der Waals surface area contributed by atoms with Gasteiger partial charge in [0.05, 0.1) is 0 Å². The van der Waals surface area contributed by atoms with Crippen molar-refractivity contribution in [3.63, 3.8) is 0 Å². The van der Waals surface area contributed by atoms with Gasteiger partial charge >= 0.3 is 0 Å². The maximum absolute atomic E-state index is 2.36. The molecule has 0 radical (unpaired) electrons. The Kier molecular flexibility index (Phi) is 8.20. The zero-order valence-electron chi connectivity index (χ0n) is 8.72. The summed E-state index contributed by atoms with van der Waals surface area (Å²) in [6.45, 7) is 6.58. The van der Waals surface area contributed by atoms with E-state index in [1.165, 1.54) is 19.3 Å². The molecule has 0 spiro atoms. The van der Waals surface area contributed by atoms with E-state index in [1.807, 2.05) is 0 Å². The first-order chi connectivity index (χ1) is 5.85. The van der Waals surface area contributed by atoms with Crippen molar-refractivity contribution in [2.75, 3.05) is 0 Å². The lowest BCUT2D eigenvalue weighted by Crippen LogP contribution is -1.92. The van der Waals surface area contributed by atoms with E-state index in [4.69, 9.17) is 0 Å². The molecule has 0 saturated carbocycles. The van der Waals surface area contributed by atoms with Crippen molar-refractivity contribution in [3.8, 4) is 0 Å². The van der Waals surface area contributed by atoms with E-state index in [0.29, 0.717) is 0 Å². The highest BCUT2D eigenvalue weighted by Crippen LogP contribution is 2.12. The van der Waals surface area contributed by atoms with Crippen LogP contribution in [0.1, 0.15) is 46.5 Å². The fourth-order valence-corrected chi connectivity index (χ4v) is 1.29. The molecule has 0 fully saturated rings. The molecule has 0 aromatic heterocycles. The average Bonchev–Trinajstić information content (AvgIpc) is 2.10. The van der Waals surface area contributed by atoms with Crippen LogP contribution >= 0.6 is 0 Å².